The number of hydrogen-bond donors (Lipinski definition) is 0. The Morgan fingerprint density at radius 3 is 3.11 bits per heavy atom. The number of hydrogen-bond acceptors (Lipinski definition) is 3. The van der Waals surface area contributed by atoms with Gasteiger partial charge < -0.3 is 4.74 Å². The van der Waals surface area contributed by atoms with Crippen molar-refractivity contribution >= 4 is 6.08 Å². The molecule has 0 aromatic carbocycles. The zero-order valence-corrected chi connectivity index (χ0v) is 10.8. The van der Waals surface area contributed by atoms with Crippen molar-refractivity contribution in [1.82, 2.24) is 14.7 Å². The molecule has 1 aromatic heterocycles. The zero-order valence-electron chi connectivity index (χ0n) is 10.8. The van der Waals surface area contributed by atoms with Crippen molar-refractivity contribution in [3.63, 3.8) is 0 Å². The van der Waals surface area contributed by atoms with E-state index in [-0.39, 0.29) is 0 Å². The Kier molecular flexibility index (Phi) is 3.48. The van der Waals surface area contributed by atoms with Crippen LogP contribution in [0.3, 0.4) is 0 Å². The molecule has 2 heterocycles. The van der Waals surface area contributed by atoms with Gasteiger partial charge in [0, 0.05) is 26.2 Å². The molecule has 0 N–H and O–H groups in total. The van der Waals surface area contributed by atoms with Gasteiger partial charge in [0.25, 0.3) is 0 Å². The van der Waals surface area contributed by atoms with E-state index in [1.165, 1.54) is 18.5 Å². The maximum absolute atomic E-state index is 5.69. The van der Waals surface area contributed by atoms with Gasteiger partial charge in [0.15, 0.2) is 0 Å². The lowest BCUT2D eigenvalue weighted by Crippen LogP contribution is -2.36. The summed E-state index contributed by atoms with van der Waals surface area (Å²) >= 11 is 0. The van der Waals surface area contributed by atoms with Crippen LogP contribution in [-0.2, 0) is 17.8 Å². The average molecular weight is 247 g/mol. The van der Waals surface area contributed by atoms with Crippen LogP contribution in [0.2, 0.25) is 0 Å². The molecule has 0 radical (unpaired) electrons. The first-order valence-electron chi connectivity index (χ1n) is 6.84. The highest BCUT2D eigenvalue weighted by molar-refractivity contribution is 5.41. The number of ether oxygens (including phenoxy) is 1. The van der Waals surface area contributed by atoms with E-state index in [2.05, 4.69) is 27.3 Å². The molecule has 1 saturated carbocycles. The maximum atomic E-state index is 5.69. The molecule has 18 heavy (non-hydrogen) atoms. The summed E-state index contributed by atoms with van der Waals surface area (Å²) in [5, 5.41) is 4.47. The van der Waals surface area contributed by atoms with Crippen LogP contribution in [0.25, 0.3) is 6.08 Å². The summed E-state index contributed by atoms with van der Waals surface area (Å²) in [6.07, 6.45) is 4.55. The van der Waals surface area contributed by atoms with E-state index in [0.29, 0.717) is 0 Å². The second-order valence-corrected chi connectivity index (χ2v) is 5.28. The molecule has 0 spiro atoms. The van der Waals surface area contributed by atoms with Crippen molar-refractivity contribution in [1.29, 1.82) is 0 Å². The van der Waals surface area contributed by atoms with Crippen LogP contribution in [0.1, 0.15) is 24.2 Å². The molecular formula is C14H21N3O. The third-order valence-corrected chi connectivity index (χ3v) is 3.71. The van der Waals surface area contributed by atoms with Crippen molar-refractivity contribution in [2.24, 2.45) is 5.92 Å². The predicted octanol–water partition coefficient (Wildman–Crippen LogP) is 1.77. The topological polar surface area (TPSA) is 30.3 Å². The first-order valence-corrected chi connectivity index (χ1v) is 6.84. The maximum Gasteiger partial charge on any atom is 0.0848 e. The highest BCUT2D eigenvalue weighted by atomic mass is 16.5. The second kappa shape index (κ2) is 5.24. The SMILES string of the molecule is C=Cc1cc2n(n1)CCN(CCOCC1CC1)C2. The van der Waals surface area contributed by atoms with Gasteiger partial charge in [-0.25, -0.2) is 0 Å². The molecule has 1 aromatic rings. The molecule has 4 nitrogen and oxygen atoms in total. The summed E-state index contributed by atoms with van der Waals surface area (Å²) in [6, 6.07) is 2.13. The fourth-order valence-corrected chi connectivity index (χ4v) is 2.36. The molecule has 1 aliphatic carbocycles. The van der Waals surface area contributed by atoms with Crippen molar-refractivity contribution in [3.8, 4) is 0 Å². The minimum atomic E-state index is 0.860. The fourth-order valence-electron chi connectivity index (χ4n) is 2.36. The highest BCUT2D eigenvalue weighted by Gasteiger charge is 2.21. The predicted molar refractivity (Wildman–Crippen MR) is 71.1 cm³/mol. The minimum absolute atomic E-state index is 0.860. The van der Waals surface area contributed by atoms with Crippen LogP contribution in [0.15, 0.2) is 12.6 Å². The van der Waals surface area contributed by atoms with Gasteiger partial charge in [-0.1, -0.05) is 6.58 Å². The van der Waals surface area contributed by atoms with Gasteiger partial charge in [-0.15, -0.1) is 0 Å². The van der Waals surface area contributed by atoms with Crippen LogP contribution < -0.4 is 0 Å². The van der Waals surface area contributed by atoms with E-state index in [1.807, 2.05) is 6.08 Å². The zero-order chi connectivity index (χ0) is 12.4. The van der Waals surface area contributed by atoms with Crippen LogP contribution in [0.5, 0.6) is 0 Å². The van der Waals surface area contributed by atoms with Crippen molar-refractivity contribution in [2.75, 3.05) is 26.3 Å². The van der Waals surface area contributed by atoms with E-state index in [0.717, 1.165) is 51.0 Å². The monoisotopic (exact) mass is 247 g/mol. The number of aromatic nitrogens is 2. The highest BCUT2D eigenvalue weighted by Crippen LogP contribution is 2.28. The summed E-state index contributed by atoms with van der Waals surface area (Å²) in [5.41, 5.74) is 2.27. The smallest absolute Gasteiger partial charge is 0.0848 e. The van der Waals surface area contributed by atoms with Crippen LogP contribution in [0, 0.1) is 5.92 Å². The van der Waals surface area contributed by atoms with E-state index in [9.17, 15) is 0 Å². The van der Waals surface area contributed by atoms with E-state index in [4.69, 9.17) is 4.74 Å². The molecule has 0 bridgehead atoms. The summed E-state index contributed by atoms with van der Waals surface area (Å²) in [4.78, 5) is 2.44. The molecule has 3 rings (SSSR count). The van der Waals surface area contributed by atoms with Crippen molar-refractivity contribution < 1.29 is 4.74 Å². The third kappa shape index (κ3) is 2.82. The quantitative estimate of drug-likeness (QED) is 0.718. The normalized spacial score (nSPS) is 19.8. The van der Waals surface area contributed by atoms with Crippen LogP contribution in [-0.4, -0.2) is 41.0 Å². The molecule has 2 aliphatic rings. The Hall–Kier alpha value is -1.13. The Balaban J connectivity index is 1.45. The molecule has 0 amide bonds. The van der Waals surface area contributed by atoms with Gasteiger partial charge >= 0.3 is 0 Å². The lowest BCUT2D eigenvalue weighted by Gasteiger charge is -2.27. The number of nitrogens with zero attached hydrogens (tertiary/aromatic N) is 3. The second-order valence-electron chi connectivity index (χ2n) is 5.28. The van der Waals surface area contributed by atoms with E-state index in [1.54, 1.807) is 0 Å². The first-order chi connectivity index (χ1) is 8.85. The number of fused-ring (bicyclic) bond motifs is 1. The van der Waals surface area contributed by atoms with E-state index < -0.39 is 0 Å². The molecule has 98 valence electrons. The van der Waals surface area contributed by atoms with E-state index >= 15 is 0 Å². The molecule has 1 fully saturated rings. The van der Waals surface area contributed by atoms with Gasteiger partial charge in [0.1, 0.15) is 0 Å². The molecule has 0 saturated heterocycles. The lowest BCUT2D eigenvalue weighted by atomic mass is 10.3. The van der Waals surface area contributed by atoms with Crippen LogP contribution in [0.4, 0.5) is 0 Å². The average Bonchev–Trinajstić information content (AvgIpc) is 3.12. The van der Waals surface area contributed by atoms with Gasteiger partial charge in [-0.2, -0.15) is 5.10 Å². The summed E-state index contributed by atoms with van der Waals surface area (Å²) in [7, 11) is 0. The van der Waals surface area contributed by atoms with Crippen molar-refractivity contribution in [2.45, 2.75) is 25.9 Å². The molecule has 0 atom stereocenters. The Morgan fingerprint density at radius 2 is 2.33 bits per heavy atom. The molecule has 4 heteroatoms. The lowest BCUT2D eigenvalue weighted by molar-refractivity contribution is 0.0863. The summed E-state index contributed by atoms with van der Waals surface area (Å²) in [6.45, 7) is 9.65. The van der Waals surface area contributed by atoms with Crippen LogP contribution >= 0.6 is 0 Å². The number of rotatable bonds is 6. The standard InChI is InChI=1S/C14H21N3O/c1-2-13-9-14-10-16(5-6-17(14)15-13)7-8-18-11-12-3-4-12/h2,9,12H,1,3-8,10-11H2. The third-order valence-electron chi connectivity index (χ3n) is 3.71. The largest absolute Gasteiger partial charge is 0.380 e. The first kappa shape index (κ1) is 11.9. The van der Waals surface area contributed by atoms with Gasteiger partial charge in [-0.3, -0.25) is 9.58 Å². The summed E-state index contributed by atoms with van der Waals surface area (Å²) in [5.74, 6) is 0.864. The minimum Gasteiger partial charge on any atom is -0.380 e. The Morgan fingerprint density at radius 1 is 1.44 bits per heavy atom. The van der Waals surface area contributed by atoms with Gasteiger partial charge in [0.2, 0.25) is 0 Å². The molecular weight excluding hydrogens is 226 g/mol. The molecule has 1 aliphatic heterocycles. The van der Waals surface area contributed by atoms with Crippen molar-refractivity contribution in [3.05, 3.63) is 24.0 Å². The fraction of sp³-hybridized carbons (Fsp3) is 0.643. The van der Waals surface area contributed by atoms with Gasteiger partial charge in [-0.05, 0) is 30.9 Å². The molecule has 0 unspecified atom stereocenters. The Labute approximate surface area is 108 Å². The Bertz CT molecular complexity index is 423. The summed E-state index contributed by atoms with van der Waals surface area (Å²) < 4.78 is 7.79. The van der Waals surface area contributed by atoms with Gasteiger partial charge in [0.05, 0.1) is 24.5 Å².